The molecule has 1 rings (SSSR count). The van der Waals surface area contributed by atoms with Gasteiger partial charge in [0.05, 0.1) is 19.8 Å². The Morgan fingerprint density at radius 3 is 2.88 bits per heavy atom. The van der Waals surface area contributed by atoms with E-state index in [2.05, 4.69) is 0 Å². The predicted octanol–water partition coefficient (Wildman–Crippen LogP) is -1.73. The molecule has 0 bridgehead atoms. The molecule has 0 aromatic rings. The van der Waals surface area contributed by atoms with Crippen molar-refractivity contribution in [3.8, 4) is 0 Å². The van der Waals surface area contributed by atoms with Crippen LogP contribution in [0.1, 0.15) is 0 Å². The van der Waals surface area contributed by atoms with E-state index in [9.17, 15) is 9.59 Å². The van der Waals surface area contributed by atoms with Gasteiger partial charge in [0.25, 0.3) is 0 Å². The molecule has 0 aromatic carbocycles. The smallest absolute Gasteiger partial charge is 0.323 e. The third-order valence-corrected chi connectivity index (χ3v) is 2.51. The number of primary amides is 1. The predicted molar refractivity (Wildman–Crippen MR) is 53.8 cm³/mol. The summed E-state index contributed by atoms with van der Waals surface area (Å²) in [5.41, 5.74) is 5.20. The Bertz CT molecular complexity index is 271. The van der Waals surface area contributed by atoms with Crippen LogP contribution in [0, 0.1) is 0 Å². The van der Waals surface area contributed by atoms with E-state index in [1.54, 1.807) is 0 Å². The number of ether oxygens (including phenoxy) is 2. The number of nitrogens with zero attached hydrogens (tertiary/aromatic N) is 1. The summed E-state index contributed by atoms with van der Waals surface area (Å²) in [7, 11) is 1.41. The lowest BCUT2D eigenvalue weighted by Crippen LogP contribution is -2.59. The fourth-order valence-electron chi connectivity index (χ4n) is 1.70. The molecule has 2 unspecified atom stereocenters. The van der Waals surface area contributed by atoms with E-state index >= 15 is 0 Å². The number of methoxy groups -OCH3 is 1. The SMILES string of the molecule is COCC(C(=O)O)N1CCOCC1C(N)=O. The van der Waals surface area contributed by atoms with Crippen molar-refractivity contribution in [1.82, 2.24) is 4.90 Å². The number of nitrogens with two attached hydrogens (primary N) is 1. The fourth-order valence-corrected chi connectivity index (χ4v) is 1.70. The summed E-state index contributed by atoms with van der Waals surface area (Å²) in [6.07, 6.45) is 0. The second kappa shape index (κ2) is 5.78. The van der Waals surface area contributed by atoms with Crippen LogP contribution >= 0.6 is 0 Å². The number of carbonyl (C=O) groups is 2. The topological polar surface area (TPSA) is 102 Å². The van der Waals surface area contributed by atoms with Crippen LogP contribution < -0.4 is 5.73 Å². The van der Waals surface area contributed by atoms with E-state index in [0.717, 1.165) is 0 Å². The van der Waals surface area contributed by atoms with Gasteiger partial charge in [-0.1, -0.05) is 0 Å². The molecule has 0 radical (unpaired) electrons. The van der Waals surface area contributed by atoms with Crippen LogP contribution in [0.5, 0.6) is 0 Å². The van der Waals surface area contributed by atoms with Gasteiger partial charge in [-0.3, -0.25) is 14.5 Å². The van der Waals surface area contributed by atoms with Crippen LogP contribution in [0.2, 0.25) is 0 Å². The van der Waals surface area contributed by atoms with Gasteiger partial charge in [-0.05, 0) is 0 Å². The van der Waals surface area contributed by atoms with E-state index in [1.165, 1.54) is 12.0 Å². The average Bonchev–Trinajstić information content (AvgIpc) is 2.25. The Balaban J connectivity index is 2.78. The molecule has 1 fully saturated rings. The molecule has 1 aliphatic rings. The highest BCUT2D eigenvalue weighted by molar-refractivity contribution is 5.82. The van der Waals surface area contributed by atoms with Gasteiger partial charge in [-0.25, -0.2) is 0 Å². The molecular formula is C9H16N2O5. The molecule has 3 N–H and O–H groups in total. The first kappa shape index (κ1) is 12.9. The van der Waals surface area contributed by atoms with E-state index in [4.69, 9.17) is 20.3 Å². The maximum absolute atomic E-state index is 11.2. The Labute approximate surface area is 93.1 Å². The zero-order valence-corrected chi connectivity index (χ0v) is 9.09. The molecule has 0 spiro atoms. The Hall–Kier alpha value is -1.18. The van der Waals surface area contributed by atoms with Crippen molar-refractivity contribution in [3.63, 3.8) is 0 Å². The van der Waals surface area contributed by atoms with Gasteiger partial charge in [0, 0.05) is 13.7 Å². The van der Waals surface area contributed by atoms with Gasteiger partial charge in [-0.2, -0.15) is 0 Å². The normalized spacial score (nSPS) is 23.9. The van der Waals surface area contributed by atoms with Crippen LogP contribution in [0.25, 0.3) is 0 Å². The number of morpholine rings is 1. The molecule has 2 atom stereocenters. The Kier molecular flexibility index (Phi) is 4.66. The molecule has 92 valence electrons. The van der Waals surface area contributed by atoms with Crippen molar-refractivity contribution >= 4 is 11.9 Å². The zero-order valence-electron chi connectivity index (χ0n) is 9.09. The molecule has 1 aliphatic heterocycles. The summed E-state index contributed by atoms with van der Waals surface area (Å²) >= 11 is 0. The number of hydrogen-bond donors (Lipinski definition) is 2. The quantitative estimate of drug-likeness (QED) is 0.584. The minimum atomic E-state index is -1.03. The first-order valence-electron chi connectivity index (χ1n) is 4.92. The summed E-state index contributed by atoms with van der Waals surface area (Å²) in [5, 5.41) is 9.04. The van der Waals surface area contributed by atoms with E-state index in [0.29, 0.717) is 13.2 Å². The molecular weight excluding hydrogens is 216 g/mol. The number of carboxylic acids is 1. The number of aliphatic carboxylic acids is 1. The van der Waals surface area contributed by atoms with Crippen molar-refractivity contribution in [2.24, 2.45) is 5.73 Å². The van der Waals surface area contributed by atoms with Gasteiger partial charge < -0.3 is 20.3 Å². The van der Waals surface area contributed by atoms with Gasteiger partial charge in [0.1, 0.15) is 12.1 Å². The van der Waals surface area contributed by atoms with Gasteiger partial charge in [0.15, 0.2) is 0 Å². The van der Waals surface area contributed by atoms with Crippen molar-refractivity contribution in [2.45, 2.75) is 12.1 Å². The van der Waals surface area contributed by atoms with Crippen LogP contribution in [-0.2, 0) is 19.1 Å². The molecule has 1 saturated heterocycles. The molecule has 7 heteroatoms. The van der Waals surface area contributed by atoms with Gasteiger partial charge in [-0.15, -0.1) is 0 Å². The second-order valence-corrected chi connectivity index (χ2v) is 3.54. The highest BCUT2D eigenvalue weighted by Crippen LogP contribution is 2.12. The van der Waals surface area contributed by atoms with Crippen molar-refractivity contribution in [2.75, 3.05) is 33.5 Å². The monoisotopic (exact) mass is 232 g/mol. The van der Waals surface area contributed by atoms with Crippen LogP contribution in [0.4, 0.5) is 0 Å². The molecule has 0 saturated carbocycles. The van der Waals surface area contributed by atoms with Crippen molar-refractivity contribution < 1.29 is 24.2 Å². The lowest BCUT2D eigenvalue weighted by Gasteiger charge is -2.37. The number of rotatable bonds is 5. The van der Waals surface area contributed by atoms with E-state index in [-0.39, 0.29) is 13.2 Å². The number of hydrogen-bond acceptors (Lipinski definition) is 5. The third-order valence-electron chi connectivity index (χ3n) is 2.51. The number of carbonyl (C=O) groups excluding carboxylic acids is 1. The van der Waals surface area contributed by atoms with Crippen LogP contribution in [0.3, 0.4) is 0 Å². The van der Waals surface area contributed by atoms with E-state index in [1.807, 2.05) is 0 Å². The van der Waals surface area contributed by atoms with Crippen molar-refractivity contribution in [1.29, 1.82) is 0 Å². The molecule has 0 aliphatic carbocycles. The molecule has 7 nitrogen and oxygen atoms in total. The first-order valence-corrected chi connectivity index (χ1v) is 4.92. The summed E-state index contributed by atoms with van der Waals surface area (Å²) < 4.78 is 9.94. The second-order valence-electron chi connectivity index (χ2n) is 3.54. The summed E-state index contributed by atoms with van der Waals surface area (Å²) in [6.45, 7) is 0.882. The molecule has 0 aromatic heterocycles. The minimum Gasteiger partial charge on any atom is -0.480 e. The number of amides is 1. The largest absolute Gasteiger partial charge is 0.480 e. The minimum absolute atomic E-state index is 0.0130. The fraction of sp³-hybridized carbons (Fsp3) is 0.778. The van der Waals surface area contributed by atoms with Crippen LogP contribution in [-0.4, -0.2) is 67.4 Å². The summed E-state index contributed by atoms with van der Waals surface area (Å²) in [6, 6.07) is -1.57. The maximum atomic E-state index is 11.2. The average molecular weight is 232 g/mol. The van der Waals surface area contributed by atoms with Crippen LogP contribution in [0.15, 0.2) is 0 Å². The first-order chi connectivity index (χ1) is 7.57. The van der Waals surface area contributed by atoms with Gasteiger partial charge >= 0.3 is 5.97 Å². The third kappa shape index (κ3) is 2.91. The summed E-state index contributed by atoms with van der Waals surface area (Å²) in [5.74, 6) is -1.61. The van der Waals surface area contributed by atoms with Gasteiger partial charge in [0.2, 0.25) is 5.91 Å². The zero-order chi connectivity index (χ0) is 12.1. The highest BCUT2D eigenvalue weighted by atomic mass is 16.5. The maximum Gasteiger partial charge on any atom is 0.323 e. The molecule has 1 amide bonds. The lowest BCUT2D eigenvalue weighted by atomic mass is 10.1. The van der Waals surface area contributed by atoms with Crippen molar-refractivity contribution in [3.05, 3.63) is 0 Å². The standard InChI is InChI=1S/C9H16N2O5/c1-15-4-7(9(13)14)11-2-3-16-5-6(11)8(10)12/h6-7H,2-5H2,1H3,(H2,10,12)(H,13,14). The Morgan fingerprint density at radius 2 is 2.38 bits per heavy atom. The number of carboxylic acid groups (broad SMARTS) is 1. The Morgan fingerprint density at radius 1 is 1.69 bits per heavy atom. The lowest BCUT2D eigenvalue weighted by molar-refractivity contribution is -0.152. The highest BCUT2D eigenvalue weighted by Gasteiger charge is 2.36. The molecule has 16 heavy (non-hydrogen) atoms. The summed E-state index contributed by atoms with van der Waals surface area (Å²) in [4.78, 5) is 23.7. The van der Waals surface area contributed by atoms with E-state index < -0.39 is 24.0 Å². The molecule has 1 heterocycles.